The third-order valence-electron chi connectivity index (χ3n) is 2.56. The molecule has 0 spiro atoms. The van der Waals surface area contributed by atoms with Crippen LogP contribution in [0.15, 0.2) is 18.2 Å². The molecule has 0 unspecified atom stereocenters. The normalized spacial score (nSPS) is 10.4. The lowest BCUT2D eigenvalue weighted by Gasteiger charge is -2.05. The summed E-state index contributed by atoms with van der Waals surface area (Å²) in [5, 5.41) is 9.55. The zero-order valence-electron chi connectivity index (χ0n) is 10.1. The summed E-state index contributed by atoms with van der Waals surface area (Å²) in [4.78, 5) is 11.0. The fraction of sp³-hybridized carbons (Fsp3) is 0.500. The number of aromatic hydroxyl groups is 1. The first kappa shape index (κ1) is 12.8. The lowest BCUT2D eigenvalue weighted by Crippen LogP contribution is -1.97. The molecule has 0 fully saturated rings. The first-order chi connectivity index (χ1) is 7.61. The predicted molar refractivity (Wildman–Crippen MR) is 65.7 cm³/mol. The Morgan fingerprint density at radius 3 is 2.50 bits per heavy atom. The minimum atomic E-state index is 0.130. The van der Waals surface area contributed by atoms with Crippen LogP contribution >= 0.6 is 0 Å². The summed E-state index contributed by atoms with van der Waals surface area (Å²) in [5.41, 5.74) is 2.05. The first-order valence-corrected chi connectivity index (χ1v) is 5.93. The molecule has 2 heteroatoms. The molecule has 1 aromatic carbocycles. The van der Waals surface area contributed by atoms with Crippen molar-refractivity contribution in [3.05, 3.63) is 29.3 Å². The number of aryl methyl sites for hydroxylation is 1. The molecule has 0 saturated carbocycles. The molecule has 2 nitrogen and oxygen atoms in total. The second-order valence-electron chi connectivity index (χ2n) is 4.34. The summed E-state index contributed by atoms with van der Waals surface area (Å²) < 4.78 is 0. The van der Waals surface area contributed by atoms with Gasteiger partial charge in [0.15, 0.2) is 0 Å². The molecule has 0 radical (unpaired) electrons. The van der Waals surface area contributed by atoms with E-state index >= 15 is 0 Å². The largest absolute Gasteiger partial charge is 0.508 e. The van der Waals surface area contributed by atoms with Crippen LogP contribution in [-0.2, 0) is 17.6 Å². The van der Waals surface area contributed by atoms with Gasteiger partial charge in [0.25, 0.3) is 0 Å². The van der Waals surface area contributed by atoms with Gasteiger partial charge in [-0.3, -0.25) is 4.79 Å². The third kappa shape index (κ3) is 4.47. The van der Waals surface area contributed by atoms with Crippen molar-refractivity contribution < 1.29 is 9.90 Å². The molecule has 0 aliphatic heterocycles. The molecule has 16 heavy (non-hydrogen) atoms. The maximum absolute atomic E-state index is 11.0. The van der Waals surface area contributed by atoms with Crippen molar-refractivity contribution in [2.75, 3.05) is 0 Å². The van der Waals surface area contributed by atoms with E-state index in [4.69, 9.17) is 0 Å². The van der Waals surface area contributed by atoms with Crippen LogP contribution < -0.4 is 0 Å². The fourth-order valence-electron chi connectivity index (χ4n) is 1.86. The molecule has 0 saturated heterocycles. The summed E-state index contributed by atoms with van der Waals surface area (Å²) in [7, 11) is 0. The van der Waals surface area contributed by atoms with Crippen molar-refractivity contribution in [3.63, 3.8) is 0 Å². The van der Waals surface area contributed by atoms with Crippen molar-refractivity contribution in [1.29, 1.82) is 0 Å². The summed E-state index contributed by atoms with van der Waals surface area (Å²) in [6.07, 6.45) is 4.93. The summed E-state index contributed by atoms with van der Waals surface area (Å²) in [6, 6.07) is 5.49. The lowest BCUT2D eigenvalue weighted by molar-refractivity contribution is -0.116. The number of hydrogen-bond donors (Lipinski definition) is 1. The smallest absolute Gasteiger partial charge is 0.134 e. The molecule has 0 aromatic heterocycles. The van der Waals surface area contributed by atoms with Gasteiger partial charge in [-0.25, -0.2) is 0 Å². The Morgan fingerprint density at radius 1 is 1.19 bits per heavy atom. The van der Waals surface area contributed by atoms with Crippen LogP contribution in [0.4, 0.5) is 0 Å². The molecule has 0 heterocycles. The van der Waals surface area contributed by atoms with Crippen molar-refractivity contribution in [3.8, 4) is 5.75 Å². The second kappa shape index (κ2) is 6.31. The van der Waals surface area contributed by atoms with E-state index in [-0.39, 0.29) is 11.5 Å². The molecule has 0 amide bonds. The van der Waals surface area contributed by atoms with Gasteiger partial charge in [0.05, 0.1) is 0 Å². The highest BCUT2D eigenvalue weighted by Gasteiger charge is 2.02. The number of ketones is 1. The Morgan fingerprint density at radius 2 is 1.88 bits per heavy atom. The van der Waals surface area contributed by atoms with E-state index in [1.54, 1.807) is 19.1 Å². The van der Waals surface area contributed by atoms with Gasteiger partial charge < -0.3 is 5.11 Å². The number of Topliss-reactive ketones (excluding diaryl/α,β-unsaturated/α-hetero) is 1. The Labute approximate surface area is 97.3 Å². The molecule has 1 rings (SSSR count). The van der Waals surface area contributed by atoms with E-state index < -0.39 is 0 Å². The molecule has 0 atom stereocenters. The quantitative estimate of drug-likeness (QED) is 0.747. The third-order valence-corrected chi connectivity index (χ3v) is 2.56. The number of carbonyl (C=O) groups is 1. The predicted octanol–water partition coefficient (Wildman–Crippen LogP) is 3.26. The van der Waals surface area contributed by atoms with Crippen LogP contribution in [0.5, 0.6) is 5.75 Å². The molecule has 1 N–H and O–H groups in total. The van der Waals surface area contributed by atoms with E-state index in [0.29, 0.717) is 6.42 Å². The number of phenolic OH excluding ortho intramolecular Hbond substituents is 1. The number of carbonyl (C=O) groups excluding carboxylic acids is 1. The topological polar surface area (TPSA) is 37.3 Å². The van der Waals surface area contributed by atoms with E-state index in [9.17, 15) is 9.90 Å². The molecular formula is C14H20O2. The van der Waals surface area contributed by atoms with Crippen LogP contribution in [0.1, 0.15) is 44.2 Å². The van der Waals surface area contributed by atoms with Crippen molar-refractivity contribution in [2.24, 2.45) is 0 Å². The number of hydrogen-bond acceptors (Lipinski definition) is 2. The standard InChI is InChI=1S/C14H20O2/c1-3-4-5-6-12-8-13(7-11(2)15)10-14(16)9-12/h8-10,16H,3-7H2,1-2H3. The van der Waals surface area contributed by atoms with E-state index in [1.165, 1.54) is 12.8 Å². The van der Waals surface area contributed by atoms with Gasteiger partial charge in [-0.2, -0.15) is 0 Å². The highest BCUT2D eigenvalue weighted by Crippen LogP contribution is 2.18. The molecule has 0 bridgehead atoms. The lowest BCUT2D eigenvalue weighted by atomic mass is 10.0. The minimum Gasteiger partial charge on any atom is -0.508 e. The Hall–Kier alpha value is -1.31. The molecule has 88 valence electrons. The van der Waals surface area contributed by atoms with Crippen molar-refractivity contribution >= 4 is 5.78 Å². The number of benzene rings is 1. The highest BCUT2D eigenvalue weighted by molar-refractivity contribution is 5.78. The molecule has 0 aliphatic carbocycles. The Kier molecular flexibility index (Phi) is 5.03. The van der Waals surface area contributed by atoms with Gasteiger partial charge in [0.2, 0.25) is 0 Å². The van der Waals surface area contributed by atoms with Gasteiger partial charge in [-0.15, -0.1) is 0 Å². The minimum absolute atomic E-state index is 0.130. The van der Waals surface area contributed by atoms with Crippen LogP contribution in [0.3, 0.4) is 0 Å². The van der Waals surface area contributed by atoms with E-state index in [2.05, 4.69) is 6.92 Å². The van der Waals surface area contributed by atoms with Crippen LogP contribution in [-0.4, -0.2) is 10.9 Å². The summed E-state index contributed by atoms with van der Waals surface area (Å²) in [6.45, 7) is 3.74. The molecule has 1 aromatic rings. The Balaban J connectivity index is 2.69. The Bertz CT molecular complexity index is 356. The fourth-order valence-corrected chi connectivity index (χ4v) is 1.86. The summed E-state index contributed by atoms with van der Waals surface area (Å²) >= 11 is 0. The van der Waals surface area contributed by atoms with Crippen LogP contribution in [0, 0.1) is 0 Å². The number of unbranched alkanes of at least 4 members (excludes halogenated alkanes) is 2. The van der Waals surface area contributed by atoms with Gasteiger partial charge in [0.1, 0.15) is 11.5 Å². The van der Waals surface area contributed by atoms with Crippen LogP contribution in [0.25, 0.3) is 0 Å². The average Bonchev–Trinajstić information content (AvgIpc) is 2.16. The van der Waals surface area contributed by atoms with Gasteiger partial charge in [-0.05, 0) is 43.0 Å². The van der Waals surface area contributed by atoms with E-state index in [0.717, 1.165) is 24.0 Å². The zero-order chi connectivity index (χ0) is 12.0. The number of rotatable bonds is 6. The zero-order valence-corrected chi connectivity index (χ0v) is 10.1. The molecule has 0 aliphatic rings. The average molecular weight is 220 g/mol. The maximum Gasteiger partial charge on any atom is 0.134 e. The van der Waals surface area contributed by atoms with E-state index in [1.807, 2.05) is 6.07 Å². The van der Waals surface area contributed by atoms with Gasteiger partial charge in [0, 0.05) is 6.42 Å². The van der Waals surface area contributed by atoms with Crippen LogP contribution in [0.2, 0.25) is 0 Å². The van der Waals surface area contributed by atoms with Crippen molar-refractivity contribution in [2.45, 2.75) is 46.0 Å². The highest BCUT2D eigenvalue weighted by atomic mass is 16.3. The maximum atomic E-state index is 11.0. The van der Waals surface area contributed by atoms with Gasteiger partial charge >= 0.3 is 0 Å². The monoisotopic (exact) mass is 220 g/mol. The second-order valence-corrected chi connectivity index (χ2v) is 4.34. The summed E-state index contributed by atoms with van der Waals surface area (Å²) in [5.74, 6) is 0.398. The molecular weight excluding hydrogens is 200 g/mol. The first-order valence-electron chi connectivity index (χ1n) is 5.93. The van der Waals surface area contributed by atoms with Gasteiger partial charge in [-0.1, -0.05) is 25.8 Å². The SMILES string of the molecule is CCCCCc1cc(O)cc(CC(C)=O)c1. The number of phenols is 1. The van der Waals surface area contributed by atoms with Crippen molar-refractivity contribution in [1.82, 2.24) is 0 Å².